The zero-order chi connectivity index (χ0) is 17.0. The van der Waals surface area contributed by atoms with Gasteiger partial charge in [0.2, 0.25) is 15.9 Å². The van der Waals surface area contributed by atoms with E-state index in [2.05, 4.69) is 20.2 Å². The number of nitrogens with one attached hydrogen (secondary N) is 2. The molecular weight excluding hydrogens is 356 g/mol. The van der Waals surface area contributed by atoms with E-state index >= 15 is 0 Å². The maximum absolute atomic E-state index is 12.0. The number of hydrogen-bond donors (Lipinski definition) is 2. The van der Waals surface area contributed by atoms with Crippen molar-refractivity contribution < 1.29 is 13.2 Å². The van der Waals surface area contributed by atoms with Crippen molar-refractivity contribution in [1.29, 1.82) is 0 Å². The monoisotopic (exact) mass is 372 g/mol. The van der Waals surface area contributed by atoms with Crippen molar-refractivity contribution in [1.82, 2.24) is 14.9 Å². The van der Waals surface area contributed by atoms with Crippen LogP contribution in [0.1, 0.15) is 10.6 Å². The summed E-state index contributed by atoms with van der Waals surface area (Å²) in [6.45, 7) is 3.54. The third kappa shape index (κ3) is 4.74. The Morgan fingerprint density at radius 3 is 2.65 bits per heavy atom. The van der Waals surface area contributed by atoms with Gasteiger partial charge in [-0.2, -0.15) is 0 Å². The molecule has 2 aromatic rings. The van der Waals surface area contributed by atoms with Crippen LogP contribution in [-0.2, 0) is 14.8 Å². The average Bonchev–Trinajstić information content (AvgIpc) is 2.92. The molecule has 23 heavy (non-hydrogen) atoms. The lowest BCUT2D eigenvalue weighted by Gasteiger charge is -2.10. The quantitative estimate of drug-likeness (QED) is 0.750. The lowest BCUT2D eigenvalue weighted by atomic mass is 10.2. The Kier molecular flexibility index (Phi) is 5.74. The van der Waals surface area contributed by atoms with E-state index in [1.54, 1.807) is 19.1 Å². The van der Waals surface area contributed by atoms with Crippen molar-refractivity contribution in [2.24, 2.45) is 0 Å². The van der Waals surface area contributed by atoms with E-state index in [0.717, 1.165) is 9.35 Å². The second-order valence-corrected chi connectivity index (χ2v) is 8.87. The molecule has 0 bridgehead atoms. The zero-order valence-electron chi connectivity index (χ0n) is 12.8. The first-order valence-corrected chi connectivity index (χ1v) is 9.87. The minimum atomic E-state index is -3.56. The van der Waals surface area contributed by atoms with Crippen LogP contribution in [0.3, 0.4) is 0 Å². The number of carbonyl (C=O) groups excluding carboxylic acids is 1. The Morgan fingerprint density at radius 2 is 2.04 bits per heavy atom. The standard InChI is InChI=1S/C13H16N4O3S3/c1-8-4-5-10(6-11(8)23(19,20)14-3)15-12(18)7-21-13-17-16-9(2)22-13/h4-6,14H,7H2,1-3H3,(H,15,18). The van der Waals surface area contributed by atoms with Crippen LogP contribution in [0.4, 0.5) is 5.69 Å². The minimum absolute atomic E-state index is 0.144. The molecule has 0 unspecified atom stereocenters. The number of thioether (sulfide) groups is 1. The number of benzene rings is 1. The molecule has 124 valence electrons. The summed E-state index contributed by atoms with van der Waals surface area (Å²) in [5, 5.41) is 11.3. The Hall–Kier alpha value is -1.49. The molecule has 0 spiro atoms. The van der Waals surface area contributed by atoms with E-state index in [4.69, 9.17) is 0 Å². The third-order valence-electron chi connectivity index (χ3n) is 2.86. The summed E-state index contributed by atoms with van der Waals surface area (Å²) in [5.41, 5.74) is 1.04. The van der Waals surface area contributed by atoms with Crippen LogP contribution >= 0.6 is 23.1 Å². The number of amides is 1. The zero-order valence-corrected chi connectivity index (χ0v) is 15.2. The molecule has 0 aliphatic heterocycles. The predicted octanol–water partition coefficient (Wildman–Crippen LogP) is 1.79. The molecule has 1 amide bonds. The third-order valence-corrected chi connectivity index (χ3v) is 6.39. The molecule has 0 radical (unpaired) electrons. The van der Waals surface area contributed by atoms with Gasteiger partial charge in [0, 0.05) is 5.69 Å². The number of rotatable bonds is 6. The number of sulfonamides is 1. The molecule has 0 aliphatic carbocycles. The number of carbonyl (C=O) groups is 1. The van der Waals surface area contributed by atoms with E-state index in [0.29, 0.717) is 11.3 Å². The van der Waals surface area contributed by atoms with Crippen LogP contribution in [0.25, 0.3) is 0 Å². The minimum Gasteiger partial charge on any atom is -0.325 e. The lowest BCUT2D eigenvalue weighted by molar-refractivity contribution is -0.113. The summed E-state index contributed by atoms with van der Waals surface area (Å²) in [4.78, 5) is 12.1. The van der Waals surface area contributed by atoms with E-state index in [-0.39, 0.29) is 16.6 Å². The number of anilines is 1. The molecule has 7 nitrogen and oxygen atoms in total. The van der Waals surface area contributed by atoms with Gasteiger partial charge in [-0.25, -0.2) is 13.1 Å². The second kappa shape index (κ2) is 7.39. The molecule has 2 N–H and O–H groups in total. The predicted molar refractivity (Wildman–Crippen MR) is 91.4 cm³/mol. The number of nitrogens with zero attached hydrogens (tertiary/aromatic N) is 2. The van der Waals surface area contributed by atoms with Crippen molar-refractivity contribution in [3.8, 4) is 0 Å². The number of aromatic nitrogens is 2. The van der Waals surface area contributed by atoms with E-state index in [1.807, 2.05) is 6.92 Å². The molecular formula is C13H16N4O3S3. The Morgan fingerprint density at radius 1 is 1.30 bits per heavy atom. The van der Waals surface area contributed by atoms with Crippen LogP contribution < -0.4 is 10.0 Å². The summed E-state index contributed by atoms with van der Waals surface area (Å²) in [6.07, 6.45) is 0. The van der Waals surface area contributed by atoms with Gasteiger partial charge in [-0.1, -0.05) is 29.2 Å². The molecule has 1 aromatic heterocycles. The smallest absolute Gasteiger partial charge is 0.240 e. The van der Waals surface area contributed by atoms with Gasteiger partial charge in [0.25, 0.3) is 0 Å². The molecule has 2 rings (SSSR count). The van der Waals surface area contributed by atoms with Gasteiger partial charge in [0.1, 0.15) is 5.01 Å². The maximum atomic E-state index is 12.0. The van der Waals surface area contributed by atoms with Gasteiger partial charge >= 0.3 is 0 Å². The average molecular weight is 372 g/mol. The topological polar surface area (TPSA) is 101 Å². The van der Waals surface area contributed by atoms with Gasteiger partial charge in [0.05, 0.1) is 10.6 Å². The first kappa shape index (κ1) is 17.9. The molecule has 0 saturated carbocycles. The molecule has 0 fully saturated rings. The summed E-state index contributed by atoms with van der Waals surface area (Å²) >= 11 is 2.71. The summed E-state index contributed by atoms with van der Waals surface area (Å²) < 4.78 is 26.9. The van der Waals surface area contributed by atoms with Crippen LogP contribution in [-0.4, -0.2) is 37.3 Å². The second-order valence-electron chi connectivity index (χ2n) is 4.61. The normalized spacial score (nSPS) is 11.4. The van der Waals surface area contributed by atoms with Gasteiger partial charge in [-0.15, -0.1) is 10.2 Å². The van der Waals surface area contributed by atoms with Crippen molar-refractivity contribution in [2.45, 2.75) is 23.1 Å². The van der Waals surface area contributed by atoms with Crippen LogP contribution in [0.5, 0.6) is 0 Å². The summed E-state index contributed by atoms with van der Waals surface area (Å²) in [6, 6.07) is 4.77. The highest BCUT2D eigenvalue weighted by Gasteiger charge is 2.16. The Bertz CT molecular complexity index is 818. The van der Waals surface area contributed by atoms with E-state index in [9.17, 15) is 13.2 Å². The van der Waals surface area contributed by atoms with Crippen LogP contribution in [0, 0.1) is 13.8 Å². The summed E-state index contributed by atoms with van der Waals surface area (Å²) in [7, 11) is -2.21. The highest BCUT2D eigenvalue weighted by Crippen LogP contribution is 2.23. The first-order chi connectivity index (χ1) is 10.8. The first-order valence-electron chi connectivity index (χ1n) is 6.59. The maximum Gasteiger partial charge on any atom is 0.240 e. The van der Waals surface area contributed by atoms with Gasteiger partial charge in [0.15, 0.2) is 4.34 Å². The molecule has 0 aliphatic rings. The molecule has 1 heterocycles. The lowest BCUT2D eigenvalue weighted by Crippen LogP contribution is -2.20. The SMILES string of the molecule is CNS(=O)(=O)c1cc(NC(=O)CSc2nnc(C)s2)ccc1C. The molecule has 0 saturated heterocycles. The molecule has 0 atom stereocenters. The van der Waals surface area contributed by atoms with Gasteiger partial charge in [-0.3, -0.25) is 4.79 Å². The fraction of sp³-hybridized carbons (Fsp3) is 0.308. The molecule has 1 aromatic carbocycles. The fourth-order valence-corrected chi connectivity index (χ4v) is 4.35. The Balaban J connectivity index is 2.05. The molecule has 10 heteroatoms. The fourth-order valence-electron chi connectivity index (χ4n) is 1.74. The number of hydrogen-bond acceptors (Lipinski definition) is 7. The van der Waals surface area contributed by atoms with Crippen LogP contribution in [0.15, 0.2) is 27.4 Å². The van der Waals surface area contributed by atoms with Crippen molar-refractivity contribution >= 4 is 44.7 Å². The van der Waals surface area contributed by atoms with E-state index in [1.165, 1.54) is 36.2 Å². The highest BCUT2D eigenvalue weighted by atomic mass is 32.2. The van der Waals surface area contributed by atoms with Crippen molar-refractivity contribution in [3.63, 3.8) is 0 Å². The number of aryl methyl sites for hydroxylation is 2. The Labute approximate surface area is 143 Å². The van der Waals surface area contributed by atoms with Crippen LogP contribution in [0.2, 0.25) is 0 Å². The highest BCUT2D eigenvalue weighted by molar-refractivity contribution is 8.01. The summed E-state index contributed by atoms with van der Waals surface area (Å²) in [5.74, 6) is -0.0594. The van der Waals surface area contributed by atoms with E-state index < -0.39 is 10.0 Å². The largest absolute Gasteiger partial charge is 0.325 e. The van der Waals surface area contributed by atoms with Crippen molar-refractivity contribution in [3.05, 3.63) is 28.8 Å². The van der Waals surface area contributed by atoms with Crippen molar-refractivity contribution in [2.75, 3.05) is 18.1 Å². The van der Waals surface area contributed by atoms with Gasteiger partial charge in [-0.05, 0) is 38.6 Å². The van der Waals surface area contributed by atoms with Gasteiger partial charge < -0.3 is 5.32 Å².